The average molecular weight is 551 g/mol. The van der Waals surface area contributed by atoms with E-state index in [1.807, 2.05) is 41.1 Å². The lowest BCUT2D eigenvalue weighted by molar-refractivity contribution is 0.0694. The number of carboxylic acid groups (broad SMARTS) is 1. The number of carbonyl (C=O) groups is 1. The lowest BCUT2D eigenvalue weighted by Gasteiger charge is -2.17. The monoisotopic (exact) mass is 550 g/mol. The van der Waals surface area contributed by atoms with Crippen LogP contribution in [-0.4, -0.2) is 34.9 Å². The molecule has 4 N–H and O–H groups in total. The van der Waals surface area contributed by atoms with Gasteiger partial charge < -0.3 is 29.9 Å². The molecule has 0 fully saturated rings. The highest BCUT2D eigenvalue weighted by atomic mass is 32.1. The summed E-state index contributed by atoms with van der Waals surface area (Å²) in [5.41, 5.74) is 3.87. The van der Waals surface area contributed by atoms with Crippen molar-refractivity contribution < 1.29 is 34.7 Å². The molecule has 0 bridgehead atoms. The van der Waals surface area contributed by atoms with Crippen molar-refractivity contribution in [3.05, 3.63) is 88.1 Å². The summed E-state index contributed by atoms with van der Waals surface area (Å²) in [5, 5.41) is 24.1. The summed E-state index contributed by atoms with van der Waals surface area (Å²) in [7, 11) is 0. The minimum absolute atomic E-state index is 0. The Kier molecular flexibility index (Phi) is 10.8. The first kappa shape index (κ1) is 29.5. The van der Waals surface area contributed by atoms with Crippen molar-refractivity contribution in [1.82, 2.24) is 0 Å². The number of carboxylic acids is 1. The Morgan fingerprint density at radius 3 is 2.31 bits per heavy atom. The summed E-state index contributed by atoms with van der Waals surface area (Å²) >= 11 is 1.60. The number of aryl methyl sites for hydroxylation is 1. The van der Waals surface area contributed by atoms with Crippen LogP contribution in [0.2, 0.25) is 0 Å². The molecule has 1 heterocycles. The Balaban J connectivity index is 0.00000420. The quantitative estimate of drug-likeness (QED) is 0.171. The number of rotatable bonds is 13. The van der Waals surface area contributed by atoms with Crippen molar-refractivity contribution >= 4 is 17.3 Å². The van der Waals surface area contributed by atoms with Gasteiger partial charge in [-0.1, -0.05) is 38.5 Å². The molecule has 0 spiro atoms. The molecular weight excluding hydrogens is 516 g/mol. The smallest absolute Gasteiger partial charge is 0.339 e. The highest BCUT2D eigenvalue weighted by molar-refractivity contribution is 7.08. The van der Waals surface area contributed by atoms with Gasteiger partial charge in [0.1, 0.15) is 34.3 Å². The number of aromatic carboxylic acids is 1. The molecule has 39 heavy (non-hydrogen) atoms. The summed E-state index contributed by atoms with van der Waals surface area (Å²) in [6.45, 7) is 5.02. The Morgan fingerprint density at radius 1 is 0.897 bits per heavy atom. The molecule has 4 rings (SSSR count). The Morgan fingerprint density at radius 2 is 1.62 bits per heavy atom. The number of phenols is 1. The van der Waals surface area contributed by atoms with E-state index in [4.69, 9.17) is 14.2 Å². The van der Waals surface area contributed by atoms with Crippen molar-refractivity contribution in [1.29, 1.82) is 0 Å². The molecule has 0 amide bonds. The van der Waals surface area contributed by atoms with Gasteiger partial charge in [0.05, 0.1) is 13.2 Å². The van der Waals surface area contributed by atoms with Crippen LogP contribution in [0.4, 0.5) is 0 Å². The van der Waals surface area contributed by atoms with Crippen molar-refractivity contribution in [2.24, 2.45) is 0 Å². The number of hydrogen-bond acceptors (Lipinski definition) is 6. The fraction of sp³-hybridized carbons (Fsp3) is 0.258. The van der Waals surface area contributed by atoms with Gasteiger partial charge >= 0.3 is 5.97 Å². The van der Waals surface area contributed by atoms with Crippen molar-refractivity contribution in [3.63, 3.8) is 0 Å². The molecule has 0 aliphatic rings. The van der Waals surface area contributed by atoms with Gasteiger partial charge in [0.2, 0.25) is 0 Å². The molecule has 0 atom stereocenters. The van der Waals surface area contributed by atoms with Crippen molar-refractivity contribution in [2.45, 2.75) is 39.5 Å². The van der Waals surface area contributed by atoms with E-state index in [1.54, 1.807) is 35.6 Å². The van der Waals surface area contributed by atoms with Crippen LogP contribution in [0, 0.1) is 0 Å². The molecule has 206 valence electrons. The Bertz CT molecular complexity index is 1370. The van der Waals surface area contributed by atoms with Crippen LogP contribution in [0.3, 0.4) is 0 Å². The van der Waals surface area contributed by atoms with Crippen LogP contribution < -0.4 is 14.2 Å². The van der Waals surface area contributed by atoms with Crippen molar-refractivity contribution in [3.8, 4) is 39.9 Å². The van der Waals surface area contributed by atoms with Gasteiger partial charge in [-0.2, -0.15) is 11.3 Å². The molecule has 8 heteroatoms. The van der Waals surface area contributed by atoms with Crippen LogP contribution in [-0.2, 0) is 12.8 Å². The maximum Gasteiger partial charge on any atom is 0.339 e. The second kappa shape index (κ2) is 14.2. The second-order valence-electron chi connectivity index (χ2n) is 8.78. The van der Waals surface area contributed by atoms with Gasteiger partial charge in [-0.3, -0.25) is 0 Å². The number of phenolic OH excluding ortho intramolecular Hbond substituents is 1. The van der Waals surface area contributed by atoms with E-state index >= 15 is 0 Å². The highest BCUT2D eigenvalue weighted by Gasteiger charge is 2.16. The maximum atomic E-state index is 11.6. The number of aromatic hydroxyl groups is 1. The summed E-state index contributed by atoms with van der Waals surface area (Å²) in [5.74, 6) is 1.45. The number of hydrogen-bond donors (Lipinski definition) is 2. The number of thiophene rings is 1. The van der Waals surface area contributed by atoms with Crippen LogP contribution >= 0.6 is 11.3 Å². The van der Waals surface area contributed by atoms with E-state index in [0.717, 1.165) is 41.5 Å². The Hall–Kier alpha value is -4.01. The maximum absolute atomic E-state index is 11.6. The van der Waals surface area contributed by atoms with Crippen LogP contribution in [0.5, 0.6) is 28.7 Å². The molecule has 7 nitrogen and oxygen atoms in total. The van der Waals surface area contributed by atoms with E-state index in [2.05, 4.69) is 13.8 Å². The van der Waals surface area contributed by atoms with Crippen LogP contribution in [0.1, 0.15) is 48.2 Å². The summed E-state index contributed by atoms with van der Waals surface area (Å²) < 4.78 is 18.2. The van der Waals surface area contributed by atoms with Gasteiger partial charge in [-0.15, -0.1) is 0 Å². The molecule has 0 saturated heterocycles. The molecule has 0 radical (unpaired) electrons. The second-order valence-corrected chi connectivity index (χ2v) is 9.56. The molecule has 0 saturated carbocycles. The summed E-state index contributed by atoms with van der Waals surface area (Å²) in [6.07, 6.45) is 3.05. The molecule has 1 aromatic heterocycles. The zero-order chi connectivity index (χ0) is 26.9. The predicted molar refractivity (Wildman–Crippen MR) is 154 cm³/mol. The average Bonchev–Trinajstić information content (AvgIpc) is 3.45. The first-order valence-corrected chi connectivity index (χ1v) is 13.7. The van der Waals surface area contributed by atoms with Gasteiger partial charge in [-0.05, 0) is 71.1 Å². The fourth-order valence-electron chi connectivity index (χ4n) is 4.22. The number of para-hydroxylation sites is 1. The minimum atomic E-state index is -1.04. The van der Waals surface area contributed by atoms with E-state index in [1.165, 1.54) is 6.07 Å². The lowest BCUT2D eigenvalue weighted by Crippen LogP contribution is -2.08. The zero-order valence-corrected chi connectivity index (χ0v) is 22.9. The standard InChI is InChI=1S/C31H32O6S.H2O/c1-3-9-23-27(12-7-13-28(23)37-29-11-6-5-10-24(29)31(33)34)35-15-8-16-36-30-19-26(32)25(18-21(30)4-2)22-14-17-38-20-22;/h5-7,10-14,17-20,32H,3-4,8-9,15-16H2,1-2H3,(H,33,34);1H2. The third-order valence-corrected chi connectivity index (χ3v) is 6.81. The topological polar surface area (TPSA) is 117 Å². The highest BCUT2D eigenvalue weighted by Crippen LogP contribution is 2.37. The van der Waals surface area contributed by atoms with E-state index < -0.39 is 5.97 Å². The van der Waals surface area contributed by atoms with E-state index in [-0.39, 0.29) is 16.8 Å². The Labute approximate surface area is 232 Å². The molecule has 0 aliphatic carbocycles. The molecule has 4 aromatic rings. The lowest BCUT2D eigenvalue weighted by atomic mass is 10.0. The summed E-state index contributed by atoms with van der Waals surface area (Å²) in [4.78, 5) is 11.6. The van der Waals surface area contributed by atoms with Gasteiger partial charge in [-0.25, -0.2) is 4.79 Å². The molecule has 0 aliphatic heterocycles. The van der Waals surface area contributed by atoms with Gasteiger partial charge in [0, 0.05) is 23.6 Å². The minimum Gasteiger partial charge on any atom is -0.507 e. The van der Waals surface area contributed by atoms with Crippen molar-refractivity contribution in [2.75, 3.05) is 13.2 Å². The SMILES string of the molecule is CCCc1c(OCCCOc2cc(O)c(-c3ccsc3)cc2CC)cccc1Oc1ccccc1C(=O)O.O. The third kappa shape index (κ3) is 7.31. The number of benzene rings is 3. The van der Waals surface area contributed by atoms with Gasteiger partial charge in [0.15, 0.2) is 0 Å². The zero-order valence-electron chi connectivity index (χ0n) is 22.1. The molecule has 0 unspecified atom stereocenters. The van der Waals surface area contributed by atoms with Gasteiger partial charge in [0.25, 0.3) is 0 Å². The normalized spacial score (nSPS) is 10.5. The molecular formula is C31H34O7S. The fourth-order valence-corrected chi connectivity index (χ4v) is 4.88. The van der Waals surface area contributed by atoms with Crippen LogP contribution in [0.15, 0.2) is 71.4 Å². The van der Waals surface area contributed by atoms with Crippen LogP contribution in [0.25, 0.3) is 11.1 Å². The first-order valence-electron chi connectivity index (χ1n) is 12.8. The largest absolute Gasteiger partial charge is 0.507 e. The number of ether oxygens (including phenoxy) is 3. The first-order chi connectivity index (χ1) is 18.5. The van der Waals surface area contributed by atoms with E-state index in [9.17, 15) is 15.0 Å². The third-order valence-electron chi connectivity index (χ3n) is 6.12. The molecule has 3 aromatic carbocycles. The summed E-state index contributed by atoms with van der Waals surface area (Å²) in [6, 6.07) is 17.9. The van der Waals surface area contributed by atoms with E-state index in [0.29, 0.717) is 42.6 Å². The predicted octanol–water partition coefficient (Wildman–Crippen LogP) is 7.15.